The van der Waals surface area contributed by atoms with Crippen LogP contribution < -0.4 is 11.1 Å². The lowest BCUT2D eigenvalue weighted by molar-refractivity contribution is 0.0901. The van der Waals surface area contributed by atoms with Crippen molar-refractivity contribution in [2.45, 2.75) is 45.1 Å². The van der Waals surface area contributed by atoms with Gasteiger partial charge in [0.15, 0.2) is 5.84 Å². The Labute approximate surface area is 122 Å². The van der Waals surface area contributed by atoms with Crippen molar-refractivity contribution in [1.82, 2.24) is 10.3 Å². The van der Waals surface area contributed by atoms with Gasteiger partial charge >= 0.3 is 0 Å². The summed E-state index contributed by atoms with van der Waals surface area (Å²) in [6, 6.07) is 0. The summed E-state index contributed by atoms with van der Waals surface area (Å²) >= 11 is 1.34. The maximum atomic E-state index is 12.3. The van der Waals surface area contributed by atoms with Gasteiger partial charge in [0.1, 0.15) is 10.4 Å². The number of nitrogens with one attached hydrogen (secondary N) is 1. The molecule has 0 bridgehead atoms. The highest BCUT2D eigenvalue weighted by Crippen LogP contribution is 2.32. The maximum absolute atomic E-state index is 12.3. The number of amidine groups is 1. The van der Waals surface area contributed by atoms with Crippen molar-refractivity contribution < 1.29 is 10.0 Å². The molecule has 0 aromatic carbocycles. The molecule has 1 aromatic rings. The van der Waals surface area contributed by atoms with Crippen molar-refractivity contribution in [2.24, 2.45) is 16.8 Å². The van der Waals surface area contributed by atoms with E-state index in [1.54, 1.807) is 6.20 Å². The van der Waals surface area contributed by atoms with Gasteiger partial charge in [0.05, 0.1) is 11.2 Å². The number of nitrogens with two attached hydrogens (primary N) is 1. The molecular formula is C13H20N4O2S. The molecule has 1 heterocycles. The lowest BCUT2D eigenvalue weighted by Crippen LogP contribution is -2.59. The standard InChI is InChI=1S/C13H20N4O2S/c1-8-3-5-13(6-4-8,12(14)17-19)16-11(18)10-7-15-9(2)20-10/h7-8,19H,3-6H2,1-2H3,(H2,14,17)(H,16,18). The fourth-order valence-corrected chi connectivity index (χ4v) is 3.21. The largest absolute Gasteiger partial charge is 0.409 e. The number of thiazole rings is 1. The minimum Gasteiger partial charge on any atom is -0.409 e. The number of aromatic nitrogens is 1. The van der Waals surface area contributed by atoms with Crippen molar-refractivity contribution in [2.75, 3.05) is 0 Å². The van der Waals surface area contributed by atoms with Gasteiger partial charge in [-0.25, -0.2) is 4.98 Å². The van der Waals surface area contributed by atoms with Crippen LogP contribution in [0.25, 0.3) is 0 Å². The summed E-state index contributed by atoms with van der Waals surface area (Å²) in [6.07, 6.45) is 4.82. The lowest BCUT2D eigenvalue weighted by Gasteiger charge is -2.38. The minimum absolute atomic E-state index is 0.0824. The zero-order valence-corrected chi connectivity index (χ0v) is 12.5. The number of oxime groups is 1. The van der Waals surface area contributed by atoms with Crippen LogP contribution in [0, 0.1) is 12.8 Å². The van der Waals surface area contributed by atoms with Gasteiger partial charge in [-0.1, -0.05) is 12.1 Å². The second-order valence-corrected chi connectivity index (χ2v) is 6.68. The fraction of sp³-hybridized carbons (Fsp3) is 0.615. The average Bonchev–Trinajstić information content (AvgIpc) is 2.87. The van der Waals surface area contributed by atoms with Gasteiger partial charge in [-0.05, 0) is 38.5 Å². The predicted molar refractivity (Wildman–Crippen MR) is 78.1 cm³/mol. The molecule has 0 unspecified atom stereocenters. The summed E-state index contributed by atoms with van der Waals surface area (Å²) in [5.41, 5.74) is 5.09. The smallest absolute Gasteiger partial charge is 0.263 e. The zero-order valence-electron chi connectivity index (χ0n) is 11.7. The molecule has 1 fully saturated rings. The number of aryl methyl sites for hydroxylation is 1. The Morgan fingerprint density at radius 1 is 1.60 bits per heavy atom. The quantitative estimate of drug-likeness (QED) is 0.343. The summed E-state index contributed by atoms with van der Waals surface area (Å²) in [6.45, 7) is 4.02. The Bertz CT molecular complexity index is 518. The molecule has 1 aliphatic carbocycles. The molecule has 6 nitrogen and oxygen atoms in total. The second kappa shape index (κ2) is 5.78. The number of rotatable bonds is 3. The van der Waals surface area contributed by atoms with Crippen LogP contribution in [0.2, 0.25) is 0 Å². The van der Waals surface area contributed by atoms with Gasteiger partial charge in [0.25, 0.3) is 5.91 Å². The average molecular weight is 296 g/mol. The zero-order chi connectivity index (χ0) is 14.8. The minimum atomic E-state index is -0.740. The van der Waals surface area contributed by atoms with Crippen LogP contribution in [0.3, 0.4) is 0 Å². The Morgan fingerprint density at radius 2 is 2.25 bits per heavy atom. The van der Waals surface area contributed by atoms with E-state index in [4.69, 9.17) is 10.9 Å². The molecule has 4 N–H and O–H groups in total. The van der Waals surface area contributed by atoms with Gasteiger partial charge in [-0.3, -0.25) is 4.79 Å². The SMILES string of the molecule is Cc1ncc(C(=O)NC2(C(N)=NO)CCC(C)CC2)s1. The third-order valence-corrected chi connectivity index (χ3v) is 4.84. The van der Waals surface area contributed by atoms with Crippen LogP contribution in [0.15, 0.2) is 11.4 Å². The molecule has 1 aromatic heterocycles. The summed E-state index contributed by atoms with van der Waals surface area (Å²) in [5.74, 6) is 0.466. The number of hydrogen-bond acceptors (Lipinski definition) is 5. The molecule has 7 heteroatoms. The normalized spacial score (nSPS) is 27.3. The molecule has 20 heavy (non-hydrogen) atoms. The lowest BCUT2D eigenvalue weighted by atomic mass is 9.76. The van der Waals surface area contributed by atoms with Gasteiger partial charge < -0.3 is 16.3 Å². The molecule has 1 amide bonds. The van der Waals surface area contributed by atoms with E-state index in [0.717, 1.165) is 17.8 Å². The van der Waals surface area contributed by atoms with Gasteiger partial charge in [-0.2, -0.15) is 0 Å². The van der Waals surface area contributed by atoms with E-state index >= 15 is 0 Å². The van der Waals surface area contributed by atoms with E-state index in [2.05, 4.69) is 22.4 Å². The number of nitrogens with zero attached hydrogens (tertiary/aromatic N) is 2. The van der Waals surface area contributed by atoms with Crippen LogP contribution >= 0.6 is 11.3 Å². The Hall–Kier alpha value is -1.63. The highest BCUT2D eigenvalue weighted by Gasteiger charge is 2.40. The highest BCUT2D eigenvalue weighted by atomic mass is 32.1. The van der Waals surface area contributed by atoms with E-state index in [0.29, 0.717) is 23.6 Å². The Kier molecular flexibility index (Phi) is 4.27. The molecule has 0 aliphatic heterocycles. The second-order valence-electron chi connectivity index (χ2n) is 5.45. The van der Waals surface area contributed by atoms with Gasteiger partial charge in [0.2, 0.25) is 0 Å². The van der Waals surface area contributed by atoms with E-state index in [9.17, 15) is 4.79 Å². The van der Waals surface area contributed by atoms with Crippen LogP contribution in [0.1, 0.15) is 47.3 Å². The molecule has 0 atom stereocenters. The first-order chi connectivity index (χ1) is 9.47. The molecule has 0 saturated heterocycles. The molecule has 1 saturated carbocycles. The molecular weight excluding hydrogens is 276 g/mol. The predicted octanol–water partition coefficient (Wildman–Crippen LogP) is 1.88. The summed E-state index contributed by atoms with van der Waals surface area (Å²) < 4.78 is 0. The van der Waals surface area contributed by atoms with Crippen molar-refractivity contribution in [1.29, 1.82) is 0 Å². The fourth-order valence-electron chi connectivity index (χ4n) is 2.54. The summed E-state index contributed by atoms with van der Waals surface area (Å²) in [7, 11) is 0. The third kappa shape index (κ3) is 2.92. The maximum Gasteiger partial charge on any atom is 0.263 e. The van der Waals surface area contributed by atoms with Crippen LogP contribution in [0.4, 0.5) is 0 Å². The van der Waals surface area contributed by atoms with Crippen LogP contribution in [-0.4, -0.2) is 27.5 Å². The molecule has 1 aliphatic rings. The van der Waals surface area contributed by atoms with Crippen molar-refractivity contribution in [3.8, 4) is 0 Å². The highest BCUT2D eigenvalue weighted by molar-refractivity contribution is 7.13. The summed E-state index contributed by atoms with van der Waals surface area (Å²) in [4.78, 5) is 16.9. The molecule has 0 radical (unpaired) electrons. The first-order valence-electron chi connectivity index (χ1n) is 6.70. The molecule has 0 spiro atoms. The van der Waals surface area contributed by atoms with Crippen LogP contribution in [-0.2, 0) is 0 Å². The van der Waals surface area contributed by atoms with Crippen LogP contribution in [0.5, 0.6) is 0 Å². The van der Waals surface area contributed by atoms with E-state index in [1.165, 1.54) is 11.3 Å². The monoisotopic (exact) mass is 296 g/mol. The Morgan fingerprint density at radius 3 is 2.75 bits per heavy atom. The van der Waals surface area contributed by atoms with E-state index in [1.807, 2.05) is 6.92 Å². The number of amides is 1. The molecule has 2 rings (SSSR count). The molecule has 110 valence electrons. The number of hydrogen-bond donors (Lipinski definition) is 3. The number of carbonyl (C=O) groups excluding carboxylic acids is 1. The van der Waals surface area contributed by atoms with Crippen molar-refractivity contribution >= 4 is 23.1 Å². The first kappa shape index (κ1) is 14.8. The number of carbonyl (C=O) groups is 1. The van der Waals surface area contributed by atoms with E-state index in [-0.39, 0.29) is 11.7 Å². The van der Waals surface area contributed by atoms with Crippen molar-refractivity contribution in [3.63, 3.8) is 0 Å². The van der Waals surface area contributed by atoms with Gasteiger partial charge in [0, 0.05) is 0 Å². The third-order valence-electron chi connectivity index (χ3n) is 3.92. The first-order valence-corrected chi connectivity index (χ1v) is 7.51. The Balaban J connectivity index is 2.18. The van der Waals surface area contributed by atoms with E-state index < -0.39 is 5.54 Å². The summed E-state index contributed by atoms with van der Waals surface area (Å²) in [5, 5.41) is 15.9. The topological polar surface area (TPSA) is 101 Å². The van der Waals surface area contributed by atoms with Gasteiger partial charge in [-0.15, -0.1) is 11.3 Å². The van der Waals surface area contributed by atoms with Crippen molar-refractivity contribution in [3.05, 3.63) is 16.1 Å².